The largest absolute Gasteiger partial charge is 0.497 e. The van der Waals surface area contributed by atoms with Crippen LogP contribution in [0.1, 0.15) is 25.8 Å². The quantitative estimate of drug-likeness (QED) is 0.546. The molecule has 0 bridgehead atoms. The highest BCUT2D eigenvalue weighted by Crippen LogP contribution is 2.16. The molecule has 2 amide bonds. The predicted molar refractivity (Wildman–Crippen MR) is 113 cm³/mol. The van der Waals surface area contributed by atoms with E-state index in [1.165, 1.54) is 0 Å². The van der Waals surface area contributed by atoms with Crippen molar-refractivity contribution in [2.24, 2.45) is 5.92 Å². The Labute approximate surface area is 169 Å². The number of imidazole rings is 1. The molecule has 0 aliphatic heterocycles. The van der Waals surface area contributed by atoms with Gasteiger partial charge < -0.3 is 15.0 Å². The van der Waals surface area contributed by atoms with Gasteiger partial charge in [0.1, 0.15) is 11.8 Å². The third-order valence-electron chi connectivity index (χ3n) is 4.94. The van der Waals surface area contributed by atoms with Crippen LogP contribution in [0.3, 0.4) is 0 Å². The molecule has 0 spiro atoms. The van der Waals surface area contributed by atoms with Gasteiger partial charge in [-0.1, -0.05) is 44.5 Å². The van der Waals surface area contributed by atoms with Gasteiger partial charge in [0, 0.05) is 0 Å². The fourth-order valence-electron chi connectivity index (χ4n) is 3.10. The van der Waals surface area contributed by atoms with Crippen molar-refractivity contribution in [3.8, 4) is 5.75 Å². The van der Waals surface area contributed by atoms with Crippen LogP contribution in [-0.2, 0) is 16.0 Å². The molecule has 29 heavy (non-hydrogen) atoms. The molecule has 0 fully saturated rings. The second-order valence-corrected chi connectivity index (χ2v) is 7.05. The zero-order chi connectivity index (χ0) is 20.8. The summed E-state index contributed by atoms with van der Waals surface area (Å²) in [5.41, 5.74) is 2.43. The Morgan fingerprint density at radius 3 is 2.69 bits per heavy atom. The van der Waals surface area contributed by atoms with Crippen molar-refractivity contribution in [2.75, 3.05) is 12.4 Å². The van der Waals surface area contributed by atoms with E-state index in [0.717, 1.165) is 23.0 Å². The average Bonchev–Trinajstić information content (AvgIpc) is 3.13. The maximum absolute atomic E-state index is 12.9. The van der Waals surface area contributed by atoms with Gasteiger partial charge in [-0.15, -0.1) is 0 Å². The number of hydrogen-bond donors (Lipinski definition) is 3. The Kier molecular flexibility index (Phi) is 6.49. The molecule has 0 unspecified atom stereocenters. The Morgan fingerprint density at radius 2 is 1.97 bits per heavy atom. The van der Waals surface area contributed by atoms with Gasteiger partial charge in [-0.05, 0) is 35.7 Å². The van der Waals surface area contributed by atoms with Crippen LogP contribution in [-0.4, -0.2) is 34.9 Å². The number of aromatic amines is 1. The molecule has 3 rings (SSSR count). The number of ether oxygens (including phenoxy) is 1. The standard InChI is InChI=1S/C22H26N4O3/c1-4-14(2)20(25-19(27)13-15-8-7-9-16(12-15)29-3)21(28)26-22-23-17-10-5-6-11-18(17)24-22/h5-12,14,20H,4,13H2,1-3H3,(H,25,27)(H2,23,24,26,28)/t14-,20-/m1/s1. The highest BCUT2D eigenvalue weighted by atomic mass is 16.5. The van der Waals surface area contributed by atoms with Gasteiger partial charge in [0.2, 0.25) is 17.8 Å². The highest BCUT2D eigenvalue weighted by molar-refractivity contribution is 5.97. The summed E-state index contributed by atoms with van der Waals surface area (Å²) in [5, 5.41) is 5.67. The highest BCUT2D eigenvalue weighted by Gasteiger charge is 2.26. The summed E-state index contributed by atoms with van der Waals surface area (Å²) in [7, 11) is 1.58. The Morgan fingerprint density at radius 1 is 1.17 bits per heavy atom. The number of para-hydroxylation sites is 2. The lowest BCUT2D eigenvalue weighted by Crippen LogP contribution is -2.48. The number of fused-ring (bicyclic) bond motifs is 1. The number of H-pyrrole nitrogens is 1. The molecule has 0 saturated carbocycles. The molecule has 7 nitrogen and oxygen atoms in total. The second kappa shape index (κ2) is 9.23. The van der Waals surface area contributed by atoms with E-state index in [0.29, 0.717) is 11.7 Å². The van der Waals surface area contributed by atoms with Crippen molar-refractivity contribution in [3.63, 3.8) is 0 Å². The zero-order valence-corrected chi connectivity index (χ0v) is 16.9. The number of amides is 2. The summed E-state index contributed by atoms with van der Waals surface area (Å²) < 4.78 is 5.20. The van der Waals surface area contributed by atoms with Crippen molar-refractivity contribution >= 4 is 28.8 Å². The van der Waals surface area contributed by atoms with Gasteiger partial charge >= 0.3 is 0 Å². The molecule has 2 atom stereocenters. The number of carbonyl (C=O) groups excluding carboxylic acids is 2. The van der Waals surface area contributed by atoms with Crippen LogP contribution in [0.2, 0.25) is 0 Å². The molecule has 152 valence electrons. The van der Waals surface area contributed by atoms with Crippen LogP contribution in [0, 0.1) is 5.92 Å². The molecule has 3 aromatic rings. The van der Waals surface area contributed by atoms with Gasteiger partial charge in [0.15, 0.2) is 0 Å². The van der Waals surface area contributed by atoms with E-state index in [1.54, 1.807) is 7.11 Å². The lowest BCUT2D eigenvalue weighted by Gasteiger charge is -2.23. The summed E-state index contributed by atoms with van der Waals surface area (Å²) in [6.45, 7) is 3.93. The van der Waals surface area contributed by atoms with Gasteiger partial charge in [-0.2, -0.15) is 0 Å². The van der Waals surface area contributed by atoms with Crippen molar-refractivity contribution in [1.29, 1.82) is 0 Å². The van der Waals surface area contributed by atoms with E-state index in [1.807, 2.05) is 62.4 Å². The van der Waals surface area contributed by atoms with E-state index >= 15 is 0 Å². The molecule has 0 aliphatic rings. The van der Waals surface area contributed by atoms with Crippen molar-refractivity contribution in [1.82, 2.24) is 15.3 Å². The summed E-state index contributed by atoms with van der Waals surface area (Å²) in [6.07, 6.45) is 0.916. The Bertz CT molecular complexity index is 965. The fourth-order valence-corrected chi connectivity index (χ4v) is 3.10. The molecule has 0 saturated heterocycles. The smallest absolute Gasteiger partial charge is 0.249 e. The first-order chi connectivity index (χ1) is 14.0. The van der Waals surface area contributed by atoms with Crippen molar-refractivity contribution in [3.05, 3.63) is 54.1 Å². The SMILES string of the molecule is CC[C@@H](C)[C@@H](NC(=O)Cc1cccc(OC)c1)C(=O)Nc1nc2ccccc2[nH]1. The van der Waals surface area contributed by atoms with Gasteiger partial charge in [0.05, 0.1) is 24.6 Å². The number of methoxy groups -OCH3 is 1. The van der Waals surface area contributed by atoms with E-state index in [2.05, 4.69) is 20.6 Å². The lowest BCUT2D eigenvalue weighted by molar-refractivity contribution is -0.127. The zero-order valence-electron chi connectivity index (χ0n) is 16.9. The molecule has 1 aromatic heterocycles. The minimum Gasteiger partial charge on any atom is -0.497 e. The topological polar surface area (TPSA) is 96.1 Å². The first-order valence-electron chi connectivity index (χ1n) is 9.68. The van der Waals surface area contributed by atoms with Crippen LogP contribution in [0.25, 0.3) is 11.0 Å². The normalized spacial score (nSPS) is 12.9. The van der Waals surface area contributed by atoms with E-state index < -0.39 is 6.04 Å². The summed E-state index contributed by atoms with van der Waals surface area (Å²) in [6, 6.07) is 14.2. The maximum atomic E-state index is 12.9. The fraction of sp³-hybridized carbons (Fsp3) is 0.318. The van der Waals surface area contributed by atoms with Crippen LogP contribution in [0.5, 0.6) is 5.75 Å². The predicted octanol–water partition coefficient (Wildman–Crippen LogP) is 3.28. The maximum Gasteiger partial charge on any atom is 0.249 e. The molecule has 2 aromatic carbocycles. The number of carbonyl (C=O) groups is 2. The molecule has 3 N–H and O–H groups in total. The van der Waals surface area contributed by atoms with Gasteiger partial charge in [0.25, 0.3) is 0 Å². The number of aromatic nitrogens is 2. The van der Waals surface area contributed by atoms with Crippen LogP contribution in [0.15, 0.2) is 48.5 Å². The number of rotatable bonds is 8. The number of nitrogens with one attached hydrogen (secondary N) is 3. The lowest BCUT2D eigenvalue weighted by atomic mass is 9.98. The third-order valence-corrected chi connectivity index (χ3v) is 4.94. The second-order valence-electron chi connectivity index (χ2n) is 7.05. The number of anilines is 1. The molecule has 1 heterocycles. The van der Waals surface area contributed by atoms with Crippen LogP contribution >= 0.6 is 0 Å². The minimum atomic E-state index is -0.661. The van der Waals surface area contributed by atoms with Gasteiger partial charge in [-0.25, -0.2) is 4.98 Å². The van der Waals surface area contributed by atoms with Crippen molar-refractivity contribution in [2.45, 2.75) is 32.7 Å². The summed E-state index contributed by atoms with van der Waals surface area (Å²) in [5.74, 6) is 0.511. The molecular weight excluding hydrogens is 368 g/mol. The number of hydrogen-bond acceptors (Lipinski definition) is 4. The number of benzene rings is 2. The minimum absolute atomic E-state index is 0.0337. The van der Waals surface area contributed by atoms with Gasteiger partial charge in [-0.3, -0.25) is 14.9 Å². The molecule has 0 aliphatic carbocycles. The van der Waals surface area contributed by atoms with E-state index in [9.17, 15) is 9.59 Å². The van der Waals surface area contributed by atoms with E-state index in [4.69, 9.17) is 4.74 Å². The monoisotopic (exact) mass is 394 g/mol. The van der Waals surface area contributed by atoms with Crippen molar-refractivity contribution < 1.29 is 14.3 Å². The van der Waals surface area contributed by atoms with Crippen LogP contribution < -0.4 is 15.4 Å². The Hall–Kier alpha value is -3.35. The first-order valence-corrected chi connectivity index (χ1v) is 9.68. The molecule has 0 radical (unpaired) electrons. The number of nitrogens with zero attached hydrogens (tertiary/aromatic N) is 1. The summed E-state index contributed by atoms with van der Waals surface area (Å²) >= 11 is 0. The van der Waals surface area contributed by atoms with E-state index in [-0.39, 0.29) is 24.2 Å². The molecular formula is C22H26N4O3. The summed E-state index contributed by atoms with van der Waals surface area (Å²) in [4.78, 5) is 32.9. The Balaban J connectivity index is 1.69. The first kappa shape index (κ1) is 20.4. The average molecular weight is 394 g/mol. The molecule has 7 heteroatoms. The third kappa shape index (κ3) is 5.13. The van der Waals surface area contributed by atoms with Crippen LogP contribution in [0.4, 0.5) is 5.95 Å².